The molecule has 0 saturated heterocycles. The van der Waals surface area contributed by atoms with Crippen molar-refractivity contribution in [1.29, 1.82) is 0 Å². The number of carbonyl (C=O) groups is 1. The summed E-state index contributed by atoms with van der Waals surface area (Å²) >= 11 is 0. The second kappa shape index (κ2) is 8.54. The molecule has 0 saturated carbocycles. The van der Waals surface area contributed by atoms with Crippen LogP contribution < -0.4 is 0 Å². The molecule has 0 N–H and O–H groups in total. The van der Waals surface area contributed by atoms with Crippen molar-refractivity contribution in [2.45, 2.75) is 56.1 Å². The quantitative estimate of drug-likeness (QED) is 0.553. The predicted molar refractivity (Wildman–Crippen MR) is 115 cm³/mol. The number of benzene rings is 2. The first kappa shape index (κ1) is 21.3. The summed E-state index contributed by atoms with van der Waals surface area (Å²) in [7, 11) is -4.09. The van der Waals surface area contributed by atoms with Gasteiger partial charge in [0.05, 0.1) is 11.5 Å². The van der Waals surface area contributed by atoms with Gasteiger partial charge < -0.3 is 4.74 Å². The third-order valence-corrected chi connectivity index (χ3v) is 7.77. The molecule has 0 fully saturated rings. The van der Waals surface area contributed by atoms with E-state index in [2.05, 4.69) is 6.92 Å². The van der Waals surface area contributed by atoms with Crippen LogP contribution in [0.5, 0.6) is 0 Å². The van der Waals surface area contributed by atoms with E-state index in [4.69, 9.17) is 4.74 Å². The van der Waals surface area contributed by atoms with E-state index in [9.17, 15) is 13.2 Å². The molecule has 154 valence electrons. The molecular weight excluding hydrogens is 384 g/mol. The van der Waals surface area contributed by atoms with Crippen molar-refractivity contribution in [3.05, 3.63) is 71.3 Å². The van der Waals surface area contributed by atoms with Gasteiger partial charge in [0.1, 0.15) is 0 Å². The largest absolute Gasteiger partial charge is 0.464 e. The fourth-order valence-corrected chi connectivity index (χ4v) is 6.53. The molecule has 2 aromatic rings. The highest BCUT2D eigenvalue weighted by Crippen LogP contribution is 2.55. The lowest BCUT2D eigenvalue weighted by molar-refractivity contribution is -0.145. The van der Waals surface area contributed by atoms with E-state index in [0.717, 1.165) is 30.4 Å². The van der Waals surface area contributed by atoms with Crippen molar-refractivity contribution < 1.29 is 17.9 Å². The number of ether oxygens (including phenoxy) is 1. The predicted octanol–water partition coefficient (Wildman–Crippen LogP) is 5.29. The monoisotopic (exact) mass is 412 g/mol. The lowest BCUT2D eigenvalue weighted by Crippen LogP contribution is -2.45. The van der Waals surface area contributed by atoms with E-state index in [0.29, 0.717) is 17.6 Å². The summed E-state index contributed by atoms with van der Waals surface area (Å²) < 4.78 is 31.9. The number of fused-ring (bicyclic) bond motifs is 1. The Labute approximate surface area is 173 Å². The number of hydrogen-bond acceptors (Lipinski definition) is 4. The molecule has 0 aliphatic heterocycles. The van der Waals surface area contributed by atoms with Gasteiger partial charge in [-0.3, -0.25) is 0 Å². The third-order valence-electron chi connectivity index (χ3n) is 5.44. The van der Waals surface area contributed by atoms with E-state index in [1.54, 1.807) is 49.4 Å². The van der Waals surface area contributed by atoms with Gasteiger partial charge in [-0.05, 0) is 54.2 Å². The fourth-order valence-electron chi connectivity index (χ4n) is 4.36. The molecule has 2 aromatic carbocycles. The molecule has 1 atom stereocenters. The number of allylic oxidation sites excluding steroid dienone is 1. The maximum absolute atomic E-state index is 14.1. The van der Waals surface area contributed by atoms with Crippen molar-refractivity contribution in [3.63, 3.8) is 0 Å². The van der Waals surface area contributed by atoms with Gasteiger partial charge in [-0.25, -0.2) is 13.2 Å². The van der Waals surface area contributed by atoms with Crippen LogP contribution in [0.25, 0.3) is 5.57 Å². The molecule has 29 heavy (non-hydrogen) atoms. The Bertz CT molecular complexity index is 1020. The number of rotatable bonds is 8. The zero-order valence-corrected chi connectivity index (χ0v) is 18.1. The second-order valence-corrected chi connectivity index (χ2v) is 9.31. The van der Waals surface area contributed by atoms with Crippen molar-refractivity contribution in [2.24, 2.45) is 0 Å². The Kier molecular flexibility index (Phi) is 6.27. The standard InChI is InChI=1S/C24H28O4S/c1-4-12-19-20-16-10-11-17-22(20)24(21(19)13-5-2,23(25)28-6-3)29(26,27)18-14-8-7-9-15-18/h7-11,14-17H,4-6,12-13H2,1-3H3. The number of hydrogen-bond donors (Lipinski definition) is 0. The van der Waals surface area contributed by atoms with Gasteiger partial charge in [0.25, 0.3) is 0 Å². The van der Waals surface area contributed by atoms with Gasteiger partial charge in [-0.2, -0.15) is 0 Å². The zero-order chi connectivity index (χ0) is 21.1. The Morgan fingerprint density at radius 3 is 2.14 bits per heavy atom. The van der Waals surface area contributed by atoms with Crippen molar-refractivity contribution in [2.75, 3.05) is 6.61 Å². The SMILES string of the molecule is CCCC1=C(CCC)C(C(=O)OCC)(S(=O)(=O)c2ccccc2)c2ccccc21. The summed E-state index contributed by atoms with van der Waals surface area (Å²) in [5.74, 6) is -0.703. The van der Waals surface area contributed by atoms with Gasteiger partial charge in [0.15, 0.2) is 0 Å². The smallest absolute Gasteiger partial charge is 0.336 e. The summed E-state index contributed by atoms with van der Waals surface area (Å²) in [5.41, 5.74) is 3.02. The first-order chi connectivity index (χ1) is 14.0. The molecule has 0 radical (unpaired) electrons. The maximum Gasteiger partial charge on any atom is 0.336 e. The molecule has 1 aliphatic carbocycles. The van der Waals surface area contributed by atoms with Gasteiger partial charge in [-0.15, -0.1) is 0 Å². The van der Waals surface area contributed by atoms with Crippen molar-refractivity contribution in [3.8, 4) is 0 Å². The van der Waals surface area contributed by atoms with E-state index in [1.807, 2.05) is 19.1 Å². The van der Waals surface area contributed by atoms with Crippen LogP contribution >= 0.6 is 0 Å². The first-order valence-electron chi connectivity index (χ1n) is 10.3. The zero-order valence-electron chi connectivity index (χ0n) is 17.3. The molecule has 0 amide bonds. The molecular formula is C24H28O4S. The van der Waals surface area contributed by atoms with Crippen LogP contribution in [0.3, 0.4) is 0 Å². The summed E-state index contributed by atoms with van der Waals surface area (Å²) in [6, 6.07) is 15.6. The van der Waals surface area contributed by atoms with Crippen molar-refractivity contribution in [1.82, 2.24) is 0 Å². The highest BCUT2D eigenvalue weighted by Gasteiger charge is 2.61. The van der Waals surface area contributed by atoms with Crippen LogP contribution in [-0.4, -0.2) is 21.0 Å². The van der Waals surface area contributed by atoms with Gasteiger partial charge >= 0.3 is 5.97 Å². The van der Waals surface area contributed by atoms with Crippen LogP contribution in [0.4, 0.5) is 0 Å². The van der Waals surface area contributed by atoms with E-state index < -0.39 is 20.6 Å². The van der Waals surface area contributed by atoms with Crippen LogP contribution in [0, 0.1) is 0 Å². The van der Waals surface area contributed by atoms with Crippen LogP contribution in [-0.2, 0) is 24.1 Å². The molecule has 1 unspecified atom stereocenters. The summed E-state index contributed by atoms with van der Waals surface area (Å²) in [6.45, 7) is 5.90. The highest BCUT2D eigenvalue weighted by molar-refractivity contribution is 7.93. The lowest BCUT2D eigenvalue weighted by atomic mass is 9.91. The van der Waals surface area contributed by atoms with Gasteiger partial charge in [0, 0.05) is 0 Å². The Hall–Kier alpha value is -2.40. The number of carbonyl (C=O) groups excluding carboxylic acids is 1. The summed E-state index contributed by atoms with van der Waals surface area (Å²) in [6.07, 6.45) is 2.84. The summed E-state index contributed by atoms with van der Waals surface area (Å²) in [5, 5.41) is 0. The molecule has 3 rings (SSSR count). The third kappa shape index (κ3) is 3.21. The number of sulfone groups is 1. The maximum atomic E-state index is 14.1. The molecule has 1 aliphatic rings. The van der Waals surface area contributed by atoms with E-state index >= 15 is 0 Å². The molecule has 4 nitrogen and oxygen atoms in total. The molecule has 0 bridgehead atoms. The van der Waals surface area contributed by atoms with Crippen LogP contribution in [0.15, 0.2) is 65.1 Å². The minimum Gasteiger partial charge on any atom is -0.464 e. The van der Waals surface area contributed by atoms with Gasteiger partial charge in [0.2, 0.25) is 14.6 Å². The minimum absolute atomic E-state index is 0.121. The van der Waals surface area contributed by atoms with E-state index in [-0.39, 0.29) is 11.5 Å². The highest BCUT2D eigenvalue weighted by atomic mass is 32.2. The van der Waals surface area contributed by atoms with Crippen molar-refractivity contribution >= 4 is 21.4 Å². The van der Waals surface area contributed by atoms with Crippen LogP contribution in [0.1, 0.15) is 57.6 Å². The second-order valence-electron chi connectivity index (χ2n) is 7.22. The first-order valence-corrected chi connectivity index (χ1v) is 11.7. The number of esters is 1. The molecule has 0 heterocycles. The molecule has 0 spiro atoms. The molecule has 0 aromatic heterocycles. The lowest BCUT2D eigenvalue weighted by Gasteiger charge is -2.31. The topological polar surface area (TPSA) is 60.4 Å². The molecule has 5 heteroatoms. The van der Waals surface area contributed by atoms with Crippen LogP contribution in [0.2, 0.25) is 0 Å². The average Bonchev–Trinajstić information content (AvgIpc) is 3.00. The minimum atomic E-state index is -4.09. The Morgan fingerprint density at radius 2 is 1.52 bits per heavy atom. The average molecular weight is 413 g/mol. The Balaban J connectivity index is 2.45. The van der Waals surface area contributed by atoms with E-state index in [1.165, 1.54) is 0 Å². The van der Waals surface area contributed by atoms with Gasteiger partial charge in [-0.1, -0.05) is 69.2 Å². The normalized spacial score (nSPS) is 18.6. The summed E-state index contributed by atoms with van der Waals surface area (Å²) in [4.78, 5) is 13.7. The Morgan fingerprint density at radius 1 is 0.897 bits per heavy atom. The fraction of sp³-hybridized carbons (Fsp3) is 0.375.